The van der Waals surface area contributed by atoms with Crippen molar-refractivity contribution in [1.82, 2.24) is 0 Å². The largest absolute Gasteiger partial charge is 0.267 e. The van der Waals surface area contributed by atoms with Gasteiger partial charge in [-0.05, 0) is 0 Å². The van der Waals surface area contributed by atoms with Gasteiger partial charge in [-0.1, -0.05) is 46.4 Å². The van der Waals surface area contributed by atoms with Crippen molar-refractivity contribution < 1.29 is 5.34 Å². The Bertz CT molecular complexity index is 53.5. The molecule has 0 amide bonds. The van der Waals surface area contributed by atoms with Gasteiger partial charge >= 0.3 is 0 Å². The van der Waals surface area contributed by atoms with Crippen molar-refractivity contribution in [1.29, 1.82) is 0 Å². The standard InChI is InChI=1S/CCl4.HNO2/c2-1(3,4)5;2-1-3/h;1H. The average Bonchev–Trinajstić information content (AvgIpc) is 1.27. The van der Waals surface area contributed by atoms with E-state index in [9.17, 15) is 0 Å². The van der Waals surface area contributed by atoms with Gasteiger partial charge in [0.2, 0.25) is 0 Å². The SMILES string of the molecule is ClC(Cl)(Cl)Cl.O=[NH+][O-]. The number of hydrogen-bond acceptors (Lipinski definition) is 2. The van der Waals surface area contributed by atoms with Gasteiger partial charge in [0.1, 0.15) is 0 Å². The fraction of sp³-hybridized carbons (Fsp3) is 1.00. The third kappa shape index (κ3) is 647. The van der Waals surface area contributed by atoms with Gasteiger partial charge in [0.15, 0.2) is 0 Å². The molecule has 0 bridgehead atoms. The summed E-state index contributed by atoms with van der Waals surface area (Å²) >= 11 is 19.3. The Morgan fingerprint density at radius 2 is 1.25 bits per heavy atom. The number of halogens is 4. The zero-order valence-electron chi connectivity index (χ0n) is 3.33. The van der Waals surface area contributed by atoms with E-state index in [1.807, 2.05) is 0 Å². The molecule has 0 aliphatic heterocycles. The maximum atomic E-state index is 8.12. The lowest BCUT2D eigenvalue weighted by atomic mass is 11.8. The molecule has 0 saturated carbocycles. The van der Waals surface area contributed by atoms with Gasteiger partial charge in [0.25, 0.3) is 3.25 Å². The first kappa shape index (κ1) is 11.4. The quantitative estimate of drug-likeness (QED) is 0.359. The van der Waals surface area contributed by atoms with Gasteiger partial charge in [-0.2, -0.15) is 0 Å². The van der Waals surface area contributed by atoms with Crippen LogP contribution in [0.2, 0.25) is 0 Å². The maximum absolute atomic E-state index is 8.12. The third-order valence-corrected chi connectivity index (χ3v) is 0. The van der Waals surface area contributed by atoms with Crippen molar-refractivity contribution in [2.24, 2.45) is 0 Å². The summed E-state index contributed by atoms with van der Waals surface area (Å²) in [6.45, 7) is 0. The monoisotopic (exact) mass is 199 g/mol. The van der Waals surface area contributed by atoms with Crippen LogP contribution >= 0.6 is 46.4 Å². The number of nitrogens with one attached hydrogen (secondary N) is 1. The van der Waals surface area contributed by atoms with Crippen LogP contribution in [-0.4, -0.2) is 3.25 Å². The van der Waals surface area contributed by atoms with E-state index in [4.69, 9.17) is 56.5 Å². The van der Waals surface area contributed by atoms with Gasteiger partial charge in [0, 0.05) is 5.34 Å². The van der Waals surface area contributed by atoms with Crippen molar-refractivity contribution in [3.8, 4) is 0 Å². The van der Waals surface area contributed by atoms with E-state index >= 15 is 0 Å². The molecule has 0 aliphatic carbocycles. The van der Waals surface area contributed by atoms with Crippen LogP contribution in [0.15, 0.2) is 0 Å². The molecule has 7 heteroatoms. The van der Waals surface area contributed by atoms with E-state index in [1.54, 1.807) is 0 Å². The van der Waals surface area contributed by atoms with Crippen LogP contribution in [-0.2, 0) is 0 Å². The predicted molar refractivity (Wildman–Crippen MR) is 33.8 cm³/mol. The fourth-order valence-electron chi connectivity index (χ4n) is 0. The highest BCUT2D eigenvalue weighted by molar-refractivity contribution is 6.83. The summed E-state index contributed by atoms with van der Waals surface area (Å²) in [7, 11) is 0. The van der Waals surface area contributed by atoms with E-state index in [1.165, 1.54) is 0 Å². The molecule has 0 aromatic rings. The molecule has 0 rings (SSSR count). The minimum absolute atomic E-state index is 0.250. The lowest BCUT2D eigenvalue weighted by Gasteiger charge is -1.91. The summed E-state index contributed by atoms with van der Waals surface area (Å²) < 4.78 is -1.61. The minimum Gasteiger partial charge on any atom is -0.267 e. The third-order valence-electron chi connectivity index (χ3n) is 0. The molecule has 0 saturated heterocycles. The number of rotatable bonds is 0. The molecular formula is CHCl4NO2. The summed E-state index contributed by atoms with van der Waals surface area (Å²) in [5.74, 6) is 0. The molecule has 3 nitrogen and oxygen atoms in total. The number of hydrogen-bond donors (Lipinski definition) is 1. The summed E-state index contributed by atoms with van der Waals surface area (Å²) in [6.07, 6.45) is 0. The van der Waals surface area contributed by atoms with Crippen LogP contribution < -0.4 is 5.34 Å². The molecule has 50 valence electrons. The van der Waals surface area contributed by atoms with Gasteiger partial charge in [0.05, 0.1) is 0 Å². The first-order chi connectivity index (χ1) is 3.41. The Balaban J connectivity index is 0. The lowest BCUT2D eigenvalue weighted by molar-refractivity contribution is -0.398. The summed E-state index contributed by atoms with van der Waals surface area (Å²) in [4.78, 5) is 8.12. The molecule has 0 spiro atoms. The van der Waals surface area contributed by atoms with Gasteiger partial charge in [-0.15, -0.1) is 0 Å². The Labute approximate surface area is 65.4 Å². The highest BCUT2D eigenvalue weighted by Gasteiger charge is 2.11. The first-order valence-electron chi connectivity index (χ1n) is 1.16. The Hall–Kier alpha value is 0.560. The first-order valence-corrected chi connectivity index (χ1v) is 2.68. The van der Waals surface area contributed by atoms with Crippen molar-refractivity contribution in [3.63, 3.8) is 0 Å². The molecule has 0 aliphatic rings. The van der Waals surface area contributed by atoms with Crippen LogP contribution in [0, 0.1) is 10.1 Å². The number of alkyl halides is 4. The zero-order chi connectivity index (χ0) is 7.21. The van der Waals surface area contributed by atoms with Gasteiger partial charge in [-0.3, -0.25) is 10.1 Å². The minimum atomic E-state index is -1.61. The smallest absolute Gasteiger partial charge is 0.266 e. The molecule has 8 heavy (non-hydrogen) atoms. The molecular weight excluding hydrogens is 200 g/mol. The molecule has 0 unspecified atom stereocenters. The fourth-order valence-corrected chi connectivity index (χ4v) is 0. The highest BCUT2D eigenvalue weighted by atomic mass is 35.6. The molecule has 0 heterocycles. The zero-order valence-corrected chi connectivity index (χ0v) is 6.35. The van der Waals surface area contributed by atoms with Crippen LogP contribution in [0.4, 0.5) is 0 Å². The van der Waals surface area contributed by atoms with E-state index < -0.39 is 3.25 Å². The van der Waals surface area contributed by atoms with Crippen molar-refractivity contribution in [2.45, 2.75) is 3.25 Å². The molecule has 0 radical (unpaired) electrons. The summed E-state index contributed by atoms with van der Waals surface area (Å²) in [5, 5.41) is 8.38. The second kappa shape index (κ2) is 5.69. The maximum Gasteiger partial charge on any atom is 0.266 e. The van der Waals surface area contributed by atoms with Crippen molar-refractivity contribution in [3.05, 3.63) is 10.1 Å². The molecule has 0 aromatic carbocycles. The van der Waals surface area contributed by atoms with E-state index in [-0.39, 0.29) is 5.34 Å². The van der Waals surface area contributed by atoms with Crippen molar-refractivity contribution >= 4 is 46.4 Å². The Morgan fingerprint density at radius 1 is 1.25 bits per heavy atom. The van der Waals surface area contributed by atoms with Crippen LogP contribution in [0.1, 0.15) is 0 Å². The average molecular weight is 201 g/mol. The van der Waals surface area contributed by atoms with Crippen LogP contribution in [0.25, 0.3) is 0 Å². The summed E-state index contributed by atoms with van der Waals surface area (Å²) in [6, 6.07) is 0. The van der Waals surface area contributed by atoms with E-state index in [0.29, 0.717) is 0 Å². The predicted octanol–water partition coefficient (Wildman–Crippen LogP) is 0.884. The molecule has 0 aromatic heterocycles. The Kier molecular flexibility index (Phi) is 8.09. The van der Waals surface area contributed by atoms with Gasteiger partial charge < -0.3 is 0 Å². The van der Waals surface area contributed by atoms with Crippen LogP contribution in [0.3, 0.4) is 0 Å². The molecule has 1 N–H and O–H groups in total. The lowest BCUT2D eigenvalue weighted by Crippen LogP contribution is -2.53. The second-order valence-electron chi connectivity index (χ2n) is 0.512. The van der Waals surface area contributed by atoms with E-state index in [0.717, 1.165) is 0 Å². The molecule has 0 atom stereocenters. The Morgan fingerprint density at radius 3 is 1.25 bits per heavy atom. The van der Waals surface area contributed by atoms with E-state index in [2.05, 4.69) is 0 Å². The second-order valence-corrected chi connectivity index (χ2v) is 3.94. The normalized spacial score (nSPS) is 9.00. The topological polar surface area (TPSA) is 54.1 Å². The molecule has 0 fully saturated rings. The van der Waals surface area contributed by atoms with Crippen molar-refractivity contribution in [2.75, 3.05) is 0 Å². The highest BCUT2D eigenvalue weighted by Crippen LogP contribution is 2.29. The van der Waals surface area contributed by atoms with Gasteiger partial charge in [-0.25, -0.2) is 0 Å². The summed E-state index contributed by atoms with van der Waals surface area (Å²) in [5.41, 5.74) is 0. The van der Waals surface area contributed by atoms with Crippen LogP contribution in [0.5, 0.6) is 0 Å².